The molecule has 0 atom stereocenters. The van der Waals surface area contributed by atoms with Gasteiger partial charge in [0.05, 0.1) is 0 Å². The third-order valence-corrected chi connectivity index (χ3v) is 3.78. The van der Waals surface area contributed by atoms with Gasteiger partial charge in [0.2, 0.25) is 5.88 Å². The van der Waals surface area contributed by atoms with Crippen molar-refractivity contribution in [1.29, 1.82) is 0 Å². The first-order valence-electron chi connectivity index (χ1n) is 7.97. The van der Waals surface area contributed by atoms with Gasteiger partial charge in [0, 0.05) is 24.8 Å². The molecule has 0 aliphatic rings. The van der Waals surface area contributed by atoms with Crippen molar-refractivity contribution in [1.82, 2.24) is 4.98 Å². The van der Waals surface area contributed by atoms with Crippen LogP contribution in [0.2, 0.25) is 0 Å². The lowest BCUT2D eigenvalue weighted by Crippen LogP contribution is -2.22. The van der Waals surface area contributed by atoms with Gasteiger partial charge in [0.15, 0.2) is 0 Å². The average molecular weight is 320 g/mol. The largest absolute Gasteiger partial charge is 0.508 e. The summed E-state index contributed by atoms with van der Waals surface area (Å²) in [6.45, 7) is 3.42. The molecule has 0 spiro atoms. The standard InChI is InChI=1S/C20H20N2O2/c1-2-22(15-16-9-6-7-13-19(16)23)18-12-8-14-21-20(18)24-17-10-4-3-5-11-17/h3-14,23H,2,15H2,1H3. The zero-order chi connectivity index (χ0) is 16.8. The van der Waals surface area contributed by atoms with Gasteiger partial charge in [-0.05, 0) is 37.3 Å². The summed E-state index contributed by atoms with van der Waals surface area (Å²) in [7, 11) is 0. The monoisotopic (exact) mass is 320 g/mol. The quantitative estimate of drug-likeness (QED) is 0.720. The Labute approximate surface area is 142 Å². The number of aromatic hydroxyl groups is 1. The van der Waals surface area contributed by atoms with Crippen LogP contribution in [0, 0.1) is 0 Å². The zero-order valence-electron chi connectivity index (χ0n) is 13.6. The van der Waals surface area contributed by atoms with E-state index in [1.165, 1.54) is 0 Å². The second kappa shape index (κ2) is 7.51. The lowest BCUT2D eigenvalue weighted by atomic mass is 10.2. The maximum absolute atomic E-state index is 10.0. The molecule has 0 saturated carbocycles. The summed E-state index contributed by atoms with van der Waals surface area (Å²) in [6, 6.07) is 20.8. The molecule has 3 rings (SSSR count). The van der Waals surface area contributed by atoms with E-state index < -0.39 is 0 Å². The van der Waals surface area contributed by atoms with Gasteiger partial charge in [0.1, 0.15) is 17.2 Å². The molecule has 0 amide bonds. The van der Waals surface area contributed by atoms with Crippen LogP contribution in [0.1, 0.15) is 12.5 Å². The number of ether oxygens (including phenoxy) is 1. The first kappa shape index (κ1) is 15.9. The number of anilines is 1. The van der Waals surface area contributed by atoms with Gasteiger partial charge in [-0.15, -0.1) is 0 Å². The number of hydrogen-bond donors (Lipinski definition) is 1. The van der Waals surface area contributed by atoms with Crippen LogP contribution < -0.4 is 9.64 Å². The van der Waals surface area contributed by atoms with Gasteiger partial charge in [0.25, 0.3) is 0 Å². The van der Waals surface area contributed by atoms with Crippen LogP contribution in [-0.4, -0.2) is 16.6 Å². The van der Waals surface area contributed by atoms with Gasteiger partial charge in [-0.1, -0.05) is 36.4 Å². The highest BCUT2D eigenvalue weighted by Gasteiger charge is 2.14. The fourth-order valence-electron chi connectivity index (χ4n) is 2.52. The van der Waals surface area contributed by atoms with E-state index in [-0.39, 0.29) is 0 Å². The lowest BCUT2D eigenvalue weighted by Gasteiger charge is -2.25. The summed E-state index contributed by atoms with van der Waals surface area (Å²) in [5.74, 6) is 1.60. The Balaban J connectivity index is 1.88. The molecule has 0 aliphatic carbocycles. The summed E-state index contributed by atoms with van der Waals surface area (Å²) in [6.07, 6.45) is 1.72. The number of hydrogen-bond acceptors (Lipinski definition) is 4. The van der Waals surface area contributed by atoms with Gasteiger partial charge in [-0.2, -0.15) is 0 Å². The molecule has 0 radical (unpaired) electrons. The highest BCUT2D eigenvalue weighted by Crippen LogP contribution is 2.31. The predicted molar refractivity (Wildman–Crippen MR) is 95.6 cm³/mol. The van der Waals surface area contributed by atoms with Crippen molar-refractivity contribution in [2.75, 3.05) is 11.4 Å². The van der Waals surface area contributed by atoms with E-state index in [0.29, 0.717) is 18.2 Å². The number of aromatic nitrogens is 1. The minimum atomic E-state index is 0.297. The van der Waals surface area contributed by atoms with E-state index >= 15 is 0 Å². The molecule has 0 aliphatic heterocycles. The van der Waals surface area contributed by atoms with Crippen molar-refractivity contribution in [3.63, 3.8) is 0 Å². The van der Waals surface area contributed by atoms with Crippen molar-refractivity contribution in [3.8, 4) is 17.4 Å². The van der Waals surface area contributed by atoms with Crippen molar-refractivity contribution in [3.05, 3.63) is 78.5 Å². The molecule has 24 heavy (non-hydrogen) atoms. The number of nitrogens with zero attached hydrogens (tertiary/aromatic N) is 2. The lowest BCUT2D eigenvalue weighted by molar-refractivity contribution is 0.458. The Kier molecular flexibility index (Phi) is 4.96. The van der Waals surface area contributed by atoms with E-state index in [0.717, 1.165) is 23.5 Å². The molecule has 1 N–H and O–H groups in total. The smallest absolute Gasteiger partial charge is 0.243 e. The van der Waals surface area contributed by atoms with E-state index in [9.17, 15) is 5.11 Å². The van der Waals surface area contributed by atoms with Gasteiger partial charge in [-0.25, -0.2) is 4.98 Å². The molecule has 0 unspecified atom stereocenters. The molecule has 1 aromatic heterocycles. The Morgan fingerprint density at radius 1 is 0.958 bits per heavy atom. The number of rotatable bonds is 6. The maximum Gasteiger partial charge on any atom is 0.243 e. The Morgan fingerprint density at radius 2 is 1.71 bits per heavy atom. The average Bonchev–Trinajstić information content (AvgIpc) is 2.63. The molecule has 0 bridgehead atoms. The number of benzene rings is 2. The minimum Gasteiger partial charge on any atom is -0.508 e. The van der Waals surface area contributed by atoms with Crippen LogP contribution in [0.5, 0.6) is 17.4 Å². The van der Waals surface area contributed by atoms with Crippen molar-refractivity contribution in [2.45, 2.75) is 13.5 Å². The SMILES string of the molecule is CCN(Cc1ccccc1O)c1cccnc1Oc1ccccc1. The Bertz CT molecular complexity index is 790. The first-order valence-corrected chi connectivity index (χ1v) is 7.97. The molecule has 122 valence electrons. The molecule has 3 aromatic rings. The van der Waals surface area contributed by atoms with E-state index in [2.05, 4.69) is 16.8 Å². The highest BCUT2D eigenvalue weighted by molar-refractivity contribution is 5.56. The number of phenolic OH excluding ortho intramolecular Hbond substituents is 1. The molecule has 0 saturated heterocycles. The summed E-state index contributed by atoms with van der Waals surface area (Å²) >= 11 is 0. The minimum absolute atomic E-state index is 0.297. The summed E-state index contributed by atoms with van der Waals surface area (Å²) in [5.41, 5.74) is 1.76. The molecule has 0 fully saturated rings. The molecule has 1 heterocycles. The predicted octanol–water partition coefficient (Wildman–Crippen LogP) is 4.61. The van der Waals surface area contributed by atoms with Crippen LogP contribution in [0.15, 0.2) is 72.9 Å². The Hall–Kier alpha value is -3.01. The van der Waals surface area contributed by atoms with Crippen LogP contribution >= 0.6 is 0 Å². The molecule has 4 nitrogen and oxygen atoms in total. The van der Waals surface area contributed by atoms with Crippen LogP contribution in [0.3, 0.4) is 0 Å². The second-order valence-electron chi connectivity index (χ2n) is 5.39. The summed E-state index contributed by atoms with van der Waals surface area (Å²) in [4.78, 5) is 6.51. The van der Waals surface area contributed by atoms with E-state index in [1.54, 1.807) is 12.3 Å². The van der Waals surface area contributed by atoms with E-state index in [1.807, 2.05) is 60.7 Å². The van der Waals surface area contributed by atoms with Gasteiger partial charge >= 0.3 is 0 Å². The highest BCUT2D eigenvalue weighted by atomic mass is 16.5. The van der Waals surface area contributed by atoms with Crippen LogP contribution in [-0.2, 0) is 6.54 Å². The Morgan fingerprint density at radius 3 is 2.46 bits per heavy atom. The molecular weight excluding hydrogens is 300 g/mol. The van der Waals surface area contributed by atoms with Gasteiger partial charge < -0.3 is 14.7 Å². The van der Waals surface area contributed by atoms with Crippen molar-refractivity contribution >= 4 is 5.69 Å². The number of pyridine rings is 1. The second-order valence-corrected chi connectivity index (χ2v) is 5.39. The fraction of sp³-hybridized carbons (Fsp3) is 0.150. The normalized spacial score (nSPS) is 10.4. The summed E-state index contributed by atoms with van der Waals surface area (Å²) in [5, 5.41) is 10.0. The number of para-hydroxylation sites is 2. The van der Waals surface area contributed by atoms with Gasteiger partial charge in [-0.3, -0.25) is 0 Å². The van der Waals surface area contributed by atoms with E-state index in [4.69, 9.17) is 4.74 Å². The third-order valence-electron chi connectivity index (χ3n) is 3.78. The molecular formula is C20H20N2O2. The first-order chi connectivity index (χ1) is 11.8. The van der Waals surface area contributed by atoms with Crippen LogP contribution in [0.25, 0.3) is 0 Å². The molecule has 2 aromatic carbocycles. The fourth-order valence-corrected chi connectivity index (χ4v) is 2.52. The summed E-state index contributed by atoms with van der Waals surface area (Å²) < 4.78 is 5.94. The maximum atomic E-state index is 10.0. The van der Waals surface area contributed by atoms with Crippen LogP contribution in [0.4, 0.5) is 5.69 Å². The number of phenols is 1. The van der Waals surface area contributed by atoms with Crippen molar-refractivity contribution in [2.24, 2.45) is 0 Å². The third kappa shape index (κ3) is 3.66. The zero-order valence-corrected chi connectivity index (χ0v) is 13.6. The molecule has 4 heteroatoms. The van der Waals surface area contributed by atoms with Crippen molar-refractivity contribution < 1.29 is 9.84 Å². The topological polar surface area (TPSA) is 45.6 Å².